The molecule has 0 saturated heterocycles. The van der Waals surface area contributed by atoms with Crippen LogP contribution in [0, 0.1) is 13.8 Å². The Bertz CT molecular complexity index is 277. The van der Waals surface area contributed by atoms with Crippen molar-refractivity contribution in [2.75, 3.05) is 0 Å². The number of benzene rings is 1. The molecule has 0 fully saturated rings. The molecule has 1 aromatic carbocycles. The Morgan fingerprint density at radius 3 is 2.42 bits per heavy atom. The highest BCUT2D eigenvalue weighted by molar-refractivity contribution is 9.10. The van der Waals surface area contributed by atoms with Gasteiger partial charge in [-0.25, -0.2) is 0 Å². The van der Waals surface area contributed by atoms with E-state index < -0.39 is 0 Å². The first kappa shape index (κ1) is 9.79. The van der Waals surface area contributed by atoms with Crippen LogP contribution in [-0.2, 0) is 6.42 Å². The summed E-state index contributed by atoms with van der Waals surface area (Å²) in [5.41, 5.74) is 4.30. The van der Waals surface area contributed by atoms with Crippen LogP contribution in [0.5, 0.6) is 0 Å². The molecule has 0 heterocycles. The Labute approximate surface area is 83.1 Å². The van der Waals surface area contributed by atoms with Gasteiger partial charge in [-0.2, -0.15) is 0 Å². The lowest BCUT2D eigenvalue weighted by Gasteiger charge is -2.08. The minimum absolute atomic E-state index is 1.19. The molecule has 0 amide bonds. The number of halogens is 1. The predicted molar refractivity (Wildman–Crippen MR) is 57.6 cm³/mol. The van der Waals surface area contributed by atoms with E-state index in [0.717, 1.165) is 0 Å². The van der Waals surface area contributed by atoms with Crippen LogP contribution >= 0.6 is 15.9 Å². The first-order valence-electron chi connectivity index (χ1n) is 4.41. The molecule has 0 nitrogen and oxygen atoms in total. The predicted octanol–water partition coefficient (Wildman–Crippen LogP) is 4.02. The highest BCUT2D eigenvalue weighted by Gasteiger charge is 2.02. The maximum absolute atomic E-state index is 3.53. The van der Waals surface area contributed by atoms with E-state index in [9.17, 15) is 0 Å². The molecule has 12 heavy (non-hydrogen) atoms. The fourth-order valence-electron chi connectivity index (χ4n) is 1.38. The first-order chi connectivity index (χ1) is 5.66. The highest BCUT2D eigenvalue weighted by Crippen LogP contribution is 2.23. The van der Waals surface area contributed by atoms with E-state index in [0.29, 0.717) is 0 Å². The van der Waals surface area contributed by atoms with Crippen molar-refractivity contribution in [3.8, 4) is 0 Å². The van der Waals surface area contributed by atoms with Gasteiger partial charge in [-0.1, -0.05) is 35.3 Å². The van der Waals surface area contributed by atoms with Crippen molar-refractivity contribution in [2.24, 2.45) is 0 Å². The van der Waals surface area contributed by atoms with Crippen molar-refractivity contribution >= 4 is 15.9 Å². The highest BCUT2D eigenvalue weighted by atomic mass is 79.9. The van der Waals surface area contributed by atoms with E-state index in [2.05, 4.69) is 48.8 Å². The van der Waals surface area contributed by atoms with E-state index in [4.69, 9.17) is 0 Å². The number of hydrogen-bond donors (Lipinski definition) is 0. The summed E-state index contributed by atoms with van der Waals surface area (Å²) in [7, 11) is 0. The number of hydrogen-bond acceptors (Lipinski definition) is 0. The maximum atomic E-state index is 3.53. The van der Waals surface area contributed by atoms with Crippen LogP contribution in [0.1, 0.15) is 30.0 Å². The van der Waals surface area contributed by atoms with E-state index in [1.165, 1.54) is 34.0 Å². The largest absolute Gasteiger partial charge is 0.0651 e. The maximum Gasteiger partial charge on any atom is 0.0207 e. The average molecular weight is 227 g/mol. The summed E-state index contributed by atoms with van der Waals surface area (Å²) in [4.78, 5) is 0. The van der Waals surface area contributed by atoms with Crippen molar-refractivity contribution in [1.29, 1.82) is 0 Å². The van der Waals surface area contributed by atoms with Gasteiger partial charge in [0.15, 0.2) is 0 Å². The molecule has 0 aliphatic rings. The standard InChI is InChI=1S/C11H15Br/c1-4-5-10-6-7-11(12)9(3)8(10)2/h6-7H,4-5H2,1-3H3. The van der Waals surface area contributed by atoms with Crippen molar-refractivity contribution < 1.29 is 0 Å². The molecule has 0 spiro atoms. The van der Waals surface area contributed by atoms with Crippen LogP contribution in [0.25, 0.3) is 0 Å². The molecule has 0 aliphatic carbocycles. The summed E-state index contributed by atoms with van der Waals surface area (Å²) in [6.45, 7) is 6.58. The minimum Gasteiger partial charge on any atom is -0.0651 e. The number of aryl methyl sites for hydroxylation is 1. The summed E-state index contributed by atoms with van der Waals surface area (Å²) in [6, 6.07) is 4.36. The molecule has 0 aromatic heterocycles. The quantitative estimate of drug-likeness (QED) is 0.715. The average Bonchev–Trinajstić information content (AvgIpc) is 2.07. The van der Waals surface area contributed by atoms with Gasteiger partial charge in [0.25, 0.3) is 0 Å². The van der Waals surface area contributed by atoms with Gasteiger partial charge in [-0.05, 0) is 43.0 Å². The van der Waals surface area contributed by atoms with Gasteiger partial charge in [0.2, 0.25) is 0 Å². The van der Waals surface area contributed by atoms with Crippen molar-refractivity contribution in [3.05, 3.63) is 33.3 Å². The third-order valence-electron chi connectivity index (χ3n) is 2.35. The van der Waals surface area contributed by atoms with Crippen molar-refractivity contribution in [3.63, 3.8) is 0 Å². The van der Waals surface area contributed by atoms with E-state index in [1.807, 2.05) is 0 Å². The fraction of sp³-hybridized carbons (Fsp3) is 0.455. The Kier molecular flexibility index (Phi) is 3.33. The summed E-state index contributed by atoms with van der Waals surface area (Å²) in [5.74, 6) is 0. The van der Waals surface area contributed by atoms with E-state index in [-0.39, 0.29) is 0 Å². The molecule has 0 radical (unpaired) electrons. The smallest absolute Gasteiger partial charge is 0.0207 e. The van der Waals surface area contributed by atoms with Crippen LogP contribution in [0.3, 0.4) is 0 Å². The molecule has 66 valence electrons. The van der Waals surface area contributed by atoms with Crippen LogP contribution < -0.4 is 0 Å². The van der Waals surface area contributed by atoms with Crippen LogP contribution in [0.4, 0.5) is 0 Å². The lowest BCUT2D eigenvalue weighted by molar-refractivity contribution is 0.909. The zero-order valence-electron chi connectivity index (χ0n) is 7.95. The molecular weight excluding hydrogens is 212 g/mol. The van der Waals surface area contributed by atoms with Crippen LogP contribution in [0.15, 0.2) is 16.6 Å². The molecule has 0 unspecified atom stereocenters. The van der Waals surface area contributed by atoms with Crippen LogP contribution in [0.2, 0.25) is 0 Å². The Hall–Kier alpha value is -0.300. The van der Waals surface area contributed by atoms with Crippen molar-refractivity contribution in [2.45, 2.75) is 33.6 Å². The molecular formula is C11H15Br. The zero-order chi connectivity index (χ0) is 9.14. The Morgan fingerprint density at radius 1 is 1.17 bits per heavy atom. The molecule has 0 atom stereocenters. The summed E-state index contributed by atoms with van der Waals surface area (Å²) in [6.07, 6.45) is 2.42. The normalized spacial score (nSPS) is 10.3. The molecule has 1 heteroatoms. The second-order valence-corrected chi connectivity index (χ2v) is 4.06. The monoisotopic (exact) mass is 226 g/mol. The van der Waals surface area contributed by atoms with Gasteiger partial charge in [-0.15, -0.1) is 0 Å². The summed E-state index contributed by atoms with van der Waals surface area (Å²) >= 11 is 3.53. The molecule has 0 saturated carbocycles. The second-order valence-electron chi connectivity index (χ2n) is 3.21. The Balaban J connectivity index is 3.08. The van der Waals surface area contributed by atoms with Gasteiger partial charge in [0, 0.05) is 4.47 Å². The first-order valence-corrected chi connectivity index (χ1v) is 5.20. The summed E-state index contributed by atoms with van der Waals surface area (Å²) < 4.78 is 1.22. The minimum atomic E-state index is 1.19. The summed E-state index contributed by atoms with van der Waals surface area (Å²) in [5, 5.41) is 0. The van der Waals surface area contributed by atoms with E-state index in [1.54, 1.807) is 0 Å². The van der Waals surface area contributed by atoms with Crippen LogP contribution in [-0.4, -0.2) is 0 Å². The van der Waals surface area contributed by atoms with Gasteiger partial charge in [0.05, 0.1) is 0 Å². The number of rotatable bonds is 2. The van der Waals surface area contributed by atoms with Gasteiger partial charge in [0.1, 0.15) is 0 Å². The van der Waals surface area contributed by atoms with Gasteiger partial charge < -0.3 is 0 Å². The molecule has 1 rings (SSSR count). The lowest BCUT2D eigenvalue weighted by atomic mass is 10.0. The van der Waals surface area contributed by atoms with Gasteiger partial charge >= 0.3 is 0 Å². The SMILES string of the molecule is CCCc1ccc(Br)c(C)c1C. The lowest BCUT2D eigenvalue weighted by Crippen LogP contribution is -1.92. The van der Waals surface area contributed by atoms with Crippen molar-refractivity contribution in [1.82, 2.24) is 0 Å². The second kappa shape index (κ2) is 4.08. The zero-order valence-corrected chi connectivity index (χ0v) is 9.53. The molecule has 0 N–H and O–H groups in total. The van der Waals surface area contributed by atoms with E-state index >= 15 is 0 Å². The Morgan fingerprint density at radius 2 is 1.83 bits per heavy atom. The van der Waals surface area contributed by atoms with Gasteiger partial charge in [-0.3, -0.25) is 0 Å². The topological polar surface area (TPSA) is 0 Å². The molecule has 0 bridgehead atoms. The molecule has 1 aromatic rings. The third-order valence-corrected chi connectivity index (χ3v) is 3.21. The molecule has 0 aliphatic heterocycles. The third kappa shape index (κ3) is 1.89. The fourth-order valence-corrected chi connectivity index (χ4v) is 1.81.